The maximum atomic E-state index is 11.0. The Hall–Kier alpha value is -1.75. The van der Waals surface area contributed by atoms with Crippen LogP contribution in [0.25, 0.3) is 10.9 Å². The van der Waals surface area contributed by atoms with Crippen LogP contribution in [0.5, 0.6) is 0 Å². The summed E-state index contributed by atoms with van der Waals surface area (Å²) in [6, 6.07) is 9.81. The van der Waals surface area contributed by atoms with Crippen molar-refractivity contribution in [3.8, 4) is 0 Å². The number of fused-ring (bicyclic) bond motifs is 1. The molecule has 0 saturated carbocycles. The van der Waals surface area contributed by atoms with Crippen molar-refractivity contribution in [3.05, 3.63) is 58.6 Å². The first-order chi connectivity index (χ1) is 12.6. The van der Waals surface area contributed by atoms with Gasteiger partial charge in [-0.15, -0.1) is 0 Å². The molecule has 5 nitrogen and oxygen atoms in total. The lowest BCUT2D eigenvalue weighted by Gasteiger charge is -1.93. The van der Waals surface area contributed by atoms with Crippen LogP contribution < -0.4 is 5.32 Å². The number of aromatic amines is 1. The summed E-state index contributed by atoms with van der Waals surface area (Å²) in [4.78, 5) is 24.4. The van der Waals surface area contributed by atoms with Gasteiger partial charge in [0, 0.05) is 29.6 Å². The third kappa shape index (κ3) is 7.24. The second-order valence-electron chi connectivity index (χ2n) is 5.28. The van der Waals surface area contributed by atoms with Crippen LogP contribution in [0.2, 0.25) is 0 Å². The van der Waals surface area contributed by atoms with Crippen LogP contribution in [0.3, 0.4) is 0 Å². The molecule has 1 unspecified atom stereocenters. The molecule has 0 radical (unpaired) electrons. The molecule has 2 heterocycles. The fourth-order valence-electron chi connectivity index (χ4n) is 2.13. The van der Waals surface area contributed by atoms with Crippen molar-refractivity contribution in [1.82, 2.24) is 10.3 Å². The number of nitrogens with one attached hydrogen (secondary N) is 2. The van der Waals surface area contributed by atoms with Crippen molar-refractivity contribution < 1.29 is 14.0 Å². The van der Waals surface area contributed by atoms with Gasteiger partial charge in [-0.3, -0.25) is 4.79 Å². The molecule has 2 N–H and O–H groups in total. The van der Waals surface area contributed by atoms with E-state index in [1.807, 2.05) is 45.2 Å². The van der Waals surface area contributed by atoms with Crippen LogP contribution in [0.15, 0.2) is 51.9 Å². The number of aryl methyl sites for hydroxylation is 1. The minimum Gasteiger partial charge on any atom is -0.457 e. The van der Waals surface area contributed by atoms with Gasteiger partial charge in [-0.25, -0.2) is 0 Å². The number of hydrogen-bond acceptors (Lipinski definition) is 4. The fraction of sp³-hybridized carbons (Fsp3) is 0.263. The van der Waals surface area contributed by atoms with Gasteiger partial charge in [0.05, 0.1) is 5.56 Å². The number of carbonyl (C=O) groups is 2. The Labute approximate surface area is 163 Å². The zero-order valence-corrected chi connectivity index (χ0v) is 17.7. The number of aromatic nitrogens is 1. The molecular formula is C19H24BrN2O3P. The molecule has 1 atom stereocenters. The van der Waals surface area contributed by atoms with E-state index in [4.69, 9.17) is 4.42 Å². The van der Waals surface area contributed by atoms with Crippen LogP contribution in [0.4, 0.5) is 0 Å². The first-order valence-corrected chi connectivity index (χ1v) is 10.4. The minimum atomic E-state index is 0.134. The predicted molar refractivity (Wildman–Crippen MR) is 113 cm³/mol. The molecule has 0 aliphatic carbocycles. The third-order valence-electron chi connectivity index (χ3n) is 3.26. The van der Waals surface area contributed by atoms with Crippen LogP contribution in [-0.4, -0.2) is 37.6 Å². The normalized spacial score (nSPS) is 10.2. The van der Waals surface area contributed by atoms with Gasteiger partial charge in [-0.1, -0.05) is 18.2 Å². The summed E-state index contributed by atoms with van der Waals surface area (Å²) in [7, 11) is 4.05. The van der Waals surface area contributed by atoms with Gasteiger partial charge in [0.1, 0.15) is 12.5 Å². The third-order valence-corrected chi connectivity index (χ3v) is 4.42. The number of carbonyl (C=O) groups excluding carboxylic acids is 2. The molecular weight excluding hydrogens is 415 g/mol. The minimum absolute atomic E-state index is 0.134. The Balaban J connectivity index is 0.000000233. The summed E-state index contributed by atoms with van der Waals surface area (Å²) in [6.45, 7) is 1.85. The Morgan fingerprint density at radius 2 is 2.04 bits per heavy atom. The molecule has 3 aromatic rings. The number of benzene rings is 1. The summed E-state index contributed by atoms with van der Waals surface area (Å²) < 4.78 is 5.49. The van der Waals surface area contributed by atoms with Gasteiger partial charge in [0.25, 0.3) is 0 Å². The van der Waals surface area contributed by atoms with E-state index in [1.165, 1.54) is 17.2 Å². The Bertz CT molecular complexity index is 814. The maximum Gasteiger partial charge on any atom is 0.184 e. The highest BCUT2D eigenvalue weighted by Crippen LogP contribution is 2.20. The Morgan fingerprint density at radius 1 is 1.35 bits per heavy atom. The van der Waals surface area contributed by atoms with Gasteiger partial charge in [-0.2, -0.15) is 0 Å². The van der Waals surface area contributed by atoms with Crippen LogP contribution in [-0.2, 0) is 11.2 Å². The van der Waals surface area contributed by atoms with E-state index >= 15 is 0 Å². The van der Waals surface area contributed by atoms with Gasteiger partial charge < -0.3 is 19.5 Å². The quantitative estimate of drug-likeness (QED) is 0.449. The van der Waals surface area contributed by atoms with Crippen molar-refractivity contribution in [2.75, 3.05) is 20.8 Å². The first-order valence-electron chi connectivity index (χ1n) is 8.10. The highest BCUT2D eigenvalue weighted by molar-refractivity contribution is 9.10. The highest BCUT2D eigenvalue weighted by atomic mass is 79.9. The van der Waals surface area contributed by atoms with Gasteiger partial charge in [0.2, 0.25) is 0 Å². The van der Waals surface area contributed by atoms with E-state index in [1.54, 1.807) is 6.07 Å². The smallest absolute Gasteiger partial charge is 0.184 e. The van der Waals surface area contributed by atoms with Crippen molar-refractivity contribution >= 4 is 47.2 Å². The number of aldehydes is 1. The van der Waals surface area contributed by atoms with Crippen LogP contribution in [0, 0.1) is 0 Å². The first kappa shape index (κ1) is 22.3. The van der Waals surface area contributed by atoms with E-state index in [2.05, 4.69) is 32.3 Å². The number of furan rings is 1. The standard InChI is InChI=1S/C11H11NO.C6H6BrO2P.C2H7N/c13-7-3-4-9-8-12-11-6-2-1-5-10(9)11;1-10-6(8)4-2-5(7)9-3-4;1-3-2/h1-2,5-8,12H,3-4H2;2-3,10H,1H3;3H,1-2H3. The number of H-pyrrole nitrogens is 1. The molecule has 0 spiro atoms. The average molecular weight is 439 g/mol. The molecule has 7 heteroatoms. The van der Waals surface area contributed by atoms with Crippen molar-refractivity contribution in [1.29, 1.82) is 0 Å². The molecule has 1 aromatic carbocycles. The highest BCUT2D eigenvalue weighted by Gasteiger charge is 2.05. The van der Waals surface area contributed by atoms with Crippen LogP contribution in [0.1, 0.15) is 22.3 Å². The van der Waals surface area contributed by atoms with E-state index in [-0.39, 0.29) is 5.52 Å². The lowest BCUT2D eigenvalue weighted by molar-refractivity contribution is -0.107. The molecule has 0 bridgehead atoms. The molecule has 26 heavy (non-hydrogen) atoms. The van der Waals surface area contributed by atoms with E-state index in [9.17, 15) is 9.59 Å². The van der Waals surface area contributed by atoms with Crippen molar-refractivity contribution in [3.63, 3.8) is 0 Å². The summed E-state index contributed by atoms with van der Waals surface area (Å²) >= 11 is 3.11. The summed E-state index contributed by atoms with van der Waals surface area (Å²) in [5.74, 6) is 0. The average Bonchev–Trinajstić information content (AvgIpc) is 3.27. The second kappa shape index (κ2) is 12.6. The van der Waals surface area contributed by atoms with E-state index in [0.717, 1.165) is 18.2 Å². The van der Waals surface area contributed by atoms with Gasteiger partial charge >= 0.3 is 0 Å². The molecule has 0 fully saturated rings. The molecule has 0 amide bonds. The summed E-state index contributed by atoms with van der Waals surface area (Å²) in [5, 5.41) is 3.98. The van der Waals surface area contributed by atoms with Crippen molar-refractivity contribution in [2.45, 2.75) is 12.8 Å². The van der Waals surface area contributed by atoms with Gasteiger partial charge in [-0.05, 0) is 63.3 Å². The van der Waals surface area contributed by atoms with E-state index < -0.39 is 0 Å². The molecule has 0 aliphatic heterocycles. The molecule has 140 valence electrons. The van der Waals surface area contributed by atoms with Gasteiger partial charge in [0.15, 0.2) is 10.2 Å². The molecule has 3 rings (SSSR count). The monoisotopic (exact) mass is 438 g/mol. The largest absolute Gasteiger partial charge is 0.457 e. The van der Waals surface area contributed by atoms with E-state index in [0.29, 0.717) is 25.2 Å². The number of halogens is 1. The lowest BCUT2D eigenvalue weighted by atomic mass is 10.1. The molecule has 0 aliphatic rings. The zero-order chi connectivity index (χ0) is 19.4. The number of rotatable bonds is 5. The topological polar surface area (TPSA) is 75.1 Å². The van der Waals surface area contributed by atoms with Crippen molar-refractivity contribution in [2.24, 2.45) is 0 Å². The zero-order valence-electron chi connectivity index (χ0n) is 15.1. The SMILES string of the molecule is CNC.CPC(=O)c1coc(Br)c1.O=CCCc1c[nH]c2ccccc12. The predicted octanol–water partition coefficient (Wildman–Crippen LogP) is 4.63. The molecule has 0 saturated heterocycles. The van der Waals surface area contributed by atoms with Crippen LogP contribution >= 0.6 is 24.5 Å². The number of hydrogen-bond donors (Lipinski definition) is 2. The number of para-hydroxylation sites is 1. The molecule has 2 aromatic heterocycles. The summed E-state index contributed by atoms with van der Waals surface area (Å²) in [6.07, 6.45) is 5.83. The second-order valence-corrected chi connectivity index (χ2v) is 7.02. The Kier molecular flexibility index (Phi) is 10.8. The lowest BCUT2D eigenvalue weighted by Crippen LogP contribution is -1.89. The maximum absolute atomic E-state index is 11.0. The fourth-order valence-corrected chi connectivity index (χ4v) is 2.89. The summed E-state index contributed by atoms with van der Waals surface area (Å²) in [5.41, 5.74) is 3.15. The Morgan fingerprint density at radius 3 is 2.62 bits per heavy atom.